The Morgan fingerprint density at radius 1 is 1.40 bits per heavy atom. The first-order chi connectivity index (χ1) is 5.20. The summed E-state index contributed by atoms with van der Waals surface area (Å²) in [4.78, 5) is 20.1. The number of aldehydes is 2. The van der Waals surface area contributed by atoms with Gasteiger partial charge in [0.15, 0.2) is 0 Å². The zero-order valence-corrected chi connectivity index (χ0v) is 5.82. The lowest BCUT2D eigenvalue weighted by Gasteiger charge is -2.06. The fraction of sp³-hybridized carbons (Fsp3) is 0.714. The Morgan fingerprint density at radius 2 is 1.90 bits per heavy atom. The van der Waals surface area contributed by atoms with Gasteiger partial charge in [-0.05, 0) is 5.92 Å². The van der Waals surface area contributed by atoms with Crippen molar-refractivity contribution in [3.05, 3.63) is 0 Å². The van der Waals surface area contributed by atoms with E-state index in [-0.39, 0.29) is 5.92 Å². The molecule has 0 amide bonds. The minimum atomic E-state index is -0.681. The summed E-state index contributed by atoms with van der Waals surface area (Å²) >= 11 is 0. The summed E-state index contributed by atoms with van der Waals surface area (Å²) in [6, 6.07) is 0. The van der Waals surface area contributed by atoms with Gasteiger partial charge in [-0.3, -0.25) is 0 Å². The first-order valence-corrected chi connectivity index (χ1v) is 3.25. The predicted molar refractivity (Wildman–Crippen MR) is 40.0 cm³/mol. The predicted octanol–water partition coefficient (Wildman–Crippen LogP) is 0.757. The molecule has 0 saturated carbocycles. The Labute approximate surface area is 63.8 Å². The van der Waals surface area contributed by atoms with E-state index in [2.05, 4.69) is 0 Å². The van der Waals surface area contributed by atoms with Crippen LogP contribution in [0.2, 0.25) is 6.30 Å². The summed E-state index contributed by atoms with van der Waals surface area (Å²) in [6.07, 6.45) is 1.90. The van der Waals surface area contributed by atoms with Crippen LogP contribution < -0.4 is 0 Å². The molecule has 0 heterocycles. The van der Waals surface area contributed by atoms with E-state index in [4.69, 9.17) is 9.22 Å². The van der Waals surface area contributed by atoms with E-state index in [1.165, 1.54) is 0 Å². The van der Waals surface area contributed by atoms with E-state index in [0.29, 0.717) is 19.3 Å². The molecule has 0 aliphatic carbocycles. The maximum absolute atomic E-state index is 10.1. The number of carbonyl (C=O) groups is 2. The van der Waals surface area contributed by atoms with Crippen LogP contribution >= 0.6 is 0 Å². The lowest BCUT2D eigenvalue weighted by molar-refractivity contribution is -0.110. The van der Waals surface area contributed by atoms with Gasteiger partial charge in [-0.15, -0.1) is 0 Å². The molecule has 0 rings (SSSR count). The third kappa shape index (κ3) is 4.30. The topological polar surface area (TPSA) is 34.1 Å². The average molecular weight is 139 g/mol. The highest BCUT2D eigenvalue weighted by molar-refractivity contribution is 6.08. The van der Waals surface area contributed by atoms with Gasteiger partial charge in [-0.2, -0.15) is 0 Å². The van der Waals surface area contributed by atoms with Crippen LogP contribution in [-0.2, 0) is 9.59 Å². The second kappa shape index (κ2) is 6.52. The monoisotopic (exact) mass is 139 g/mol. The summed E-state index contributed by atoms with van der Waals surface area (Å²) in [5, 5.41) is 0. The number of hydrogen-bond donors (Lipinski definition) is 0. The minimum Gasteiger partial charge on any atom is -0.303 e. The van der Waals surface area contributed by atoms with E-state index in [1.54, 1.807) is 0 Å². The molecule has 0 aromatic carbocycles. The zero-order valence-electron chi connectivity index (χ0n) is 6.82. The van der Waals surface area contributed by atoms with Gasteiger partial charge in [0.25, 0.3) is 0 Å². The molecular formula is C7H11BO2. The van der Waals surface area contributed by atoms with Crippen molar-refractivity contribution in [3.63, 3.8) is 0 Å². The van der Waals surface area contributed by atoms with Crippen molar-refractivity contribution in [1.82, 2.24) is 0 Å². The first-order valence-electron chi connectivity index (χ1n) is 3.83. The Hall–Kier alpha value is -0.595. The van der Waals surface area contributed by atoms with Crippen LogP contribution in [0, 0.1) is 5.92 Å². The van der Waals surface area contributed by atoms with Crippen molar-refractivity contribution in [1.29, 1.82) is 0 Å². The molecule has 0 aromatic rings. The van der Waals surface area contributed by atoms with Crippen molar-refractivity contribution in [2.75, 3.05) is 0 Å². The third-order valence-electron chi connectivity index (χ3n) is 1.33. The van der Waals surface area contributed by atoms with Crippen molar-refractivity contribution < 1.29 is 11.0 Å². The standard InChI is InChI=1S/C7H11BO2/c8-4-1-7(2-5-9)3-6-10/h5-7H,1-4H2/i4D/t4-/m1/s1. The number of rotatable bonds is 6. The lowest BCUT2D eigenvalue weighted by Crippen LogP contribution is -2.01. The van der Waals surface area contributed by atoms with E-state index in [0.717, 1.165) is 12.6 Å². The molecule has 0 saturated heterocycles. The van der Waals surface area contributed by atoms with Crippen molar-refractivity contribution in [2.45, 2.75) is 25.6 Å². The van der Waals surface area contributed by atoms with Gasteiger partial charge in [0.05, 0.1) is 7.85 Å². The molecule has 0 bridgehead atoms. The summed E-state index contributed by atoms with van der Waals surface area (Å²) in [7, 11) is 5.19. The summed E-state index contributed by atoms with van der Waals surface area (Å²) in [5.41, 5.74) is 0. The van der Waals surface area contributed by atoms with Gasteiger partial charge < -0.3 is 9.59 Å². The highest BCUT2D eigenvalue weighted by atomic mass is 16.1. The highest BCUT2D eigenvalue weighted by Crippen LogP contribution is 2.11. The molecule has 0 aromatic heterocycles. The molecule has 54 valence electrons. The maximum Gasteiger partial charge on any atom is 0.120 e. The van der Waals surface area contributed by atoms with Crippen molar-refractivity contribution in [3.8, 4) is 0 Å². The van der Waals surface area contributed by atoms with Crippen LogP contribution in [0.5, 0.6) is 0 Å². The van der Waals surface area contributed by atoms with E-state index < -0.39 is 6.30 Å². The highest BCUT2D eigenvalue weighted by Gasteiger charge is 2.04. The molecular weight excluding hydrogens is 127 g/mol. The van der Waals surface area contributed by atoms with Gasteiger partial charge >= 0.3 is 0 Å². The number of carbonyl (C=O) groups excluding carboxylic acids is 2. The van der Waals surface area contributed by atoms with Crippen LogP contribution in [0.4, 0.5) is 0 Å². The van der Waals surface area contributed by atoms with Gasteiger partial charge in [0.1, 0.15) is 12.6 Å². The largest absolute Gasteiger partial charge is 0.303 e. The molecule has 0 fully saturated rings. The second-order valence-electron chi connectivity index (χ2n) is 2.14. The SMILES string of the molecule is [2H][C@@H]([B])CC(CC=O)CC=O. The van der Waals surface area contributed by atoms with Crippen LogP contribution in [0.15, 0.2) is 0 Å². The zero-order chi connectivity index (χ0) is 8.69. The van der Waals surface area contributed by atoms with Gasteiger partial charge in [0, 0.05) is 14.2 Å². The van der Waals surface area contributed by atoms with Crippen LogP contribution in [0.3, 0.4) is 0 Å². The van der Waals surface area contributed by atoms with Gasteiger partial charge in [-0.1, -0.05) is 12.7 Å². The fourth-order valence-electron chi connectivity index (χ4n) is 0.753. The third-order valence-corrected chi connectivity index (χ3v) is 1.33. The molecule has 0 aliphatic rings. The maximum atomic E-state index is 10.1. The Kier molecular flexibility index (Phi) is 4.90. The molecule has 0 N–H and O–H groups in total. The molecule has 3 heteroatoms. The number of hydrogen-bond acceptors (Lipinski definition) is 2. The Balaban J connectivity index is 3.67. The average Bonchev–Trinajstić information content (AvgIpc) is 1.87. The molecule has 0 unspecified atom stereocenters. The lowest BCUT2D eigenvalue weighted by atomic mass is 9.90. The molecule has 2 nitrogen and oxygen atoms in total. The summed E-state index contributed by atoms with van der Waals surface area (Å²) in [6.45, 7) is 0. The summed E-state index contributed by atoms with van der Waals surface area (Å²) in [5.74, 6) is -0.0440. The Morgan fingerprint density at radius 3 is 2.20 bits per heavy atom. The van der Waals surface area contributed by atoms with Gasteiger partial charge in [0.2, 0.25) is 0 Å². The summed E-state index contributed by atoms with van der Waals surface area (Å²) < 4.78 is 7.01. The van der Waals surface area contributed by atoms with Crippen LogP contribution in [0.25, 0.3) is 0 Å². The van der Waals surface area contributed by atoms with E-state index in [1.807, 2.05) is 0 Å². The molecule has 2 radical (unpaired) electrons. The normalized spacial score (nSPS) is 14.3. The minimum absolute atomic E-state index is 0.0440. The first kappa shape index (κ1) is 7.51. The molecule has 0 aliphatic heterocycles. The quantitative estimate of drug-likeness (QED) is 0.402. The Bertz CT molecular complexity index is 118. The fourth-order valence-corrected chi connectivity index (χ4v) is 0.753. The van der Waals surface area contributed by atoms with Crippen LogP contribution in [-0.4, -0.2) is 20.4 Å². The molecule has 10 heavy (non-hydrogen) atoms. The van der Waals surface area contributed by atoms with Crippen molar-refractivity contribution in [2.24, 2.45) is 5.92 Å². The smallest absolute Gasteiger partial charge is 0.120 e. The van der Waals surface area contributed by atoms with E-state index >= 15 is 0 Å². The molecule has 0 spiro atoms. The second-order valence-corrected chi connectivity index (χ2v) is 2.14. The van der Waals surface area contributed by atoms with Crippen molar-refractivity contribution >= 4 is 20.4 Å². The van der Waals surface area contributed by atoms with E-state index in [9.17, 15) is 9.59 Å². The van der Waals surface area contributed by atoms with Crippen LogP contribution in [0.1, 0.15) is 20.6 Å². The van der Waals surface area contributed by atoms with Gasteiger partial charge in [-0.25, -0.2) is 0 Å². The molecule has 1 atom stereocenters.